The molecule has 1 fully saturated rings. The normalized spacial score (nSPS) is 16.1. The molecule has 6 nitrogen and oxygen atoms in total. The van der Waals surface area contributed by atoms with Crippen molar-refractivity contribution in [3.63, 3.8) is 0 Å². The molecule has 0 spiro atoms. The van der Waals surface area contributed by atoms with E-state index in [1.807, 2.05) is 0 Å². The molecule has 2 unspecified atom stereocenters. The minimum atomic E-state index is -1.03. The zero-order valence-corrected chi connectivity index (χ0v) is 13.9. The van der Waals surface area contributed by atoms with Crippen molar-refractivity contribution < 1.29 is 23.9 Å². The number of hydrogen-bond acceptors (Lipinski definition) is 4. The first-order valence-electron chi connectivity index (χ1n) is 7.57. The largest absolute Gasteiger partial charge is 0.480 e. The van der Waals surface area contributed by atoms with Crippen LogP contribution in [0.4, 0.5) is 10.1 Å². The molecule has 1 saturated carbocycles. The Morgan fingerprint density at radius 3 is 2.46 bits per heavy atom. The number of carboxylic acid groups (broad SMARTS) is 1. The molecule has 8 heteroatoms. The van der Waals surface area contributed by atoms with Crippen LogP contribution in [0.25, 0.3) is 0 Å². The van der Waals surface area contributed by atoms with Gasteiger partial charge in [0.25, 0.3) is 0 Å². The summed E-state index contributed by atoms with van der Waals surface area (Å²) >= 11 is 1.11. The van der Waals surface area contributed by atoms with Gasteiger partial charge in [-0.1, -0.05) is 0 Å². The van der Waals surface area contributed by atoms with E-state index in [2.05, 4.69) is 10.6 Å². The summed E-state index contributed by atoms with van der Waals surface area (Å²) in [4.78, 5) is 35.0. The highest BCUT2D eigenvalue weighted by Crippen LogP contribution is 2.33. The number of benzene rings is 1. The van der Waals surface area contributed by atoms with E-state index in [0.717, 1.165) is 24.6 Å². The van der Waals surface area contributed by atoms with Crippen LogP contribution in [0.5, 0.6) is 0 Å². The van der Waals surface area contributed by atoms with Crippen LogP contribution in [0.15, 0.2) is 24.3 Å². The van der Waals surface area contributed by atoms with Crippen molar-refractivity contribution in [1.82, 2.24) is 5.32 Å². The van der Waals surface area contributed by atoms with Gasteiger partial charge in [0.1, 0.15) is 11.9 Å². The highest BCUT2D eigenvalue weighted by molar-refractivity contribution is 8.01. The number of carboxylic acids is 1. The third-order valence-electron chi connectivity index (χ3n) is 3.62. The molecule has 2 amide bonds. The molecule has 1 aromatic carbocycles. The van der Waals surface area contributed by atoms with Crippen LogP contribution in [-0.2, 0) is 14.4 Å². The molecule has 24 heavy (non-hydrogen) atoms. The first-order chi connectivity index (χ1) is 11.4. The third kappa shape index (κ3) is 5.52. The molecule has 2 rings (SSSR count). The summed E-state index contributed by atoms with van der Waals surface area (Å²) in [5, 5.41) is 13.7. The number of halogens is 1. The highest BCUT2D eigenvalue weighted by atomic mass is 32.2. The van der Waals surface area contributed by atoms with Crippen LogP contribution in [0.3, 0.4) is 0 Å². The van der Waals surface area contributed by atoms with Crippen molar-refractivity contribution in [2.45, 2.75) is 31.1 Å². The van der Waals surface area contributed by atoms with Crippen molar-refractivity contribution in [2.75, 3.05) is 11.1 Å². The molecule has 2 atom stereocenters. The summed E-state index contributed by atoms with van der Waals surface area (Å²) in [7, 11) is 0. The number of rotatable bonds is 8. The Labute approximate surface area is 143 Å². The maximum Gasteiger partial charge on any atom is 0.326 e. The van der Waals surface area contributed by atoms with Crippen LogP contribution in [0.2, 0.25) is 0 Å². The predicted octanol–water partition coefficient (Wildman–Crippen LogP) is 1.87. The second kappa shape index (κ2) is 8.14. The average molecular weight is 354 g/mol. The number of thioether (sulfide) groups is 1. The number of nitrogens with one attached hydrogen (secondary N) is 2. The second-order valence-corrected chi connectivity index (χ2v) is 7.00. The summed E-state index contributed by atoms with van der Waals surface area (Å²) in [6.07, 6.45) is 1.61. The van der Waals surface area contributed by atoms with Gasteiger partial charge >= 0.3 is 5.97 Å². The van der Waals surface area contributed by atoms with Crippen molar-refractivity contribution >= 4 is 35.2 Å². The molecule has 0 heterocycles. The predicted molar refractivity (Wildman–Crippen MR) is 89.2 cm³/mol. The first kappa shape index (κ1) is 18.3. The second-order valence-electron chi connectivity index (χ2n) is 5.67. The standard InChI is InChI=1S/C16H19FN2O4S/c1-9(15(21)19-14(16(22)23)10-2-3-10)24-8-13(20)18-12-6-4-11(17)5-7-12/h4-7,9-10,14H,2-3,8H2,1H3,(H,18,20)(H,19,21)(H,22,23). The Morgan fingerprint density at radius 2 is 1.92 bits per heavy atom. The summed E-state index contributed by atoms with van der Waals surface area (Å²) in [6.45, 7) is 1.62. The van der Waals surface area contributed by atoms with Crippen molar-refractivity contribution in [3.05, 3.63) is 30.1 Å². The van der Waals surface area contributed by atoms with Gasteiger partial charge in [0.05, 0.1) is 11.0 Å². The van der Waals surface area contributed by atoms with Crippen molar-refractivity contribution in [3.8, 4) is 0 Å². The number of carbonyl (C=O) groups is 3. The molecule has 0 bridgehead atoms. The molecule has 3 N–H and O–H groups in total. The average Bonchev–Trinajstić information content (AvgIpc) is 3.36. The van der Waals surface area contributed by atoms with Gasteiger partial charge in [-0.2, -0.15) is 0 Å². The van der Waals surface area contributed by atoms with Gasteiger partial charge in [-0.05, 0) is 49.9 Å². The van der Waals surface area contributed by atoms with Gasteiger partial charge in [-0.3, -0.25) is 9.59 Å². The summed E-state index contributed by atoms with van der Waals surface area (Å²) in [5.74, 6) is -2.09. The zero-order chi connectivity index (χ0) is 17.7. The van der Waals surface area contributed by atoms with Crippen LogP contribution < -0.4 is 10.6 Å². The van der Waals surface area contributed by atoms with Gasteiger partial charge in [0.15, 0.2) is 0 Å². The number of anilines is 1. The lowest BCUT2D eigenvalue weighted by atomic mass is 10.2. The fraction of sp³-hybridized carbons (Fsp3) is 0.438. The monoisotopic (exact) mass is 354 g/mol. The van der Waals surface area contributed by atoms with Gasteiger partial charge in [-0.15, -0.1) is 11.8 Å². The number of hydrogen-bond donors (Lipinski definition) is 3. The van der Waals surface area contributed by atoms with E-state index in [4.69, 9.17) is 5.11 Å². The van der Waals surface area contributed by atoms with Gasteiger partial charge in [0.2, 0.25) is 11.8 Å². The van der Waals surface area contributed by atoms with E-state index in [1.54, 1.807) is 6.92 Å². The molecule has 0 saturated heterocycles. The molecule has 0 aliphatic heterocycles. The SMILES string of the molecule is CC(SCC(=O)Nc1ccc(F)cc1)C(=O)NC(C(=O)O)C1CC1. The van der Waals surface area contributed by atoms with E-state index >= 15 is 0 Å². The van der Waals surface area contributed by atoms with Crippen LogP contribution >= 0.6 is 11.8 Å². The van der Waals surface area contributed by atoms with Crippen LogP contribution in [0.1, 0.15) is 19.8 Å². The van der Waals surface area contributed by atoms with E-state index in [9.17, 15) is 18.8 Å². The Hall–Kier alpha value is -2.09. The van der Waals surface area contributed by atoms with Gasteiger partial charge < -0.3 is 15.7 Å². The fourth-order valence-electron chi connectivity index (χ4n) is 2.09. The Kier molecular flexibility index (Phi) is 6.19. The maximum absolute atomic E-state index is 12.8. The molecule has 130 valence electrons. The first-order valence-corrected chi connectivity index (χ1v) is 8.62. The molecular weight excluding hydrogens is 335 g/mol. The molecule has 0 aromatic heterocycles. The van der Waals surface area contributed by atoms with E-state index < -0.39 is 29.0 Å². The topological polar surface area (TPSA) is 95.5 Å². The fourth-order valence-corrected chi connectivity index (χ4v) is 2.78. The van der Waals surface area contributed by atoms with E-state index in [1.165, 1.54) is 24.3 Å². The Morgan fingerprint density at radius 1 is 1.29 bits per heavy atom. The Balaban J connectivity index is 1.75. The highest BCUT2D eigenvalue weighted by Gasteiger charge is 2.37. The quantitative estimate of drug-likeness (QED) is 0.662. The summed E-state index contributed by atoms with van der Waals surface area (Å²) in [5.41, 5.74) is 0.471. The molecule has 1 aliphatic rings. The summed E-state index contributed by atoms with van der Waals surface area (Å²) < 4.78 is 12.8. The van der Waals surface area contributed by atoms with Crippen molar-refractivity contribution in [2.24, 2.45) is 5.92 Å². The van der Waals surface area contributed by atoms with Gasteiger partial charge in [-0.25, -0.2) is 9.18 Å². The molecule has 1 aromatic rings. The molecule has 1 aliphatic carbocycles. The zero-order valence-electron chi connectivity index (χ0n) is 13.1. The van der Waals surface area contributed by atoms with Gasteiger partial charge in [0, 0.05) is 5.69 Å². The molecular formula is C16H19FN2O4S. The number of aliphatic carboxylic acids is 1. The number of amides is 2. The Bertz CT molecular complexity index is 619. The smallest absolute Gasteiger partial charge is 0.326 e. The lowest BCUT2D eigenvalue weighted by Gasteiger charge is -2.17. The maximum atomic E-state index is 12.8. The number of carbonyl (C=O) groups excluding carboxylic acids is 2. The van der Waals surface area contributed by atoms with E-state index in [-0.39, 0.29) is 17.6 Å². The third-order valence-corrected chi connectivity index (χ3v) is 4.76. The lowest BCUT2D eigenvalue weighted by Crippen LogP contribution is -2.45. The minimum absolute atomic E-state index is 0.00502. The minimum Gasteiger partial charge on any atom is -0.480 e. The lowest BCUT2D eigenvalue weighted by molar-refractivity contribution is -0.142. The van der Waals surface area contributed by atoms with Crippen molar-refractivity contribution in [1.29, 1.82) is 0 Å². The van der Waals surface area contributed by atoms with Crippen LogP contribution in [-0.4, -0.2) is 39.9 Å². The summed E-state index contributed by atoms with van der Waals surface area (Å²) in [6, 6.07) is 4.52. The molecule has 0 radical (unpaired) electrons. The van der Waals surface area contributed by atoms with Crippen LogP contribution in [0, 0.1) is 11.7 Å². The van der Waals surface area contributed by atoms with E-state index in [0.29, 0.717) is 5.69 Å².